The second-order valence-electron chi connectivity index (χ2n) is 2.71. The van der Waals surface area contributed by atoms with Gasteiger partial charge in [-0.1, -0.05) is 25.8 Å². The normalized spacial score (nSPS) is 10.0. The van der Waals surface area contributed by atoms with Crippen LogP contribution in [-0.2, 0) is 11.0 Å². The zero-order valence-corrected chi connectivity index (χ0v) is 13.7. The maximum Gasteiger partial charge on any atom is 1.00 e. The van der Waals surface area contributed by atoms with Gasteiger partial charge in [0.2, 0.25) is 0 Å². The summed E-state index contributed by atoms with van der Waals surface area (Å²) >= 11 is 0. The second kappa shape index (κ2) is 8.29. The van der Waals surface area contributed by atoms with Crippen LogP contribution >= 0.6 is 7.60 Å². The molecule has 0 saturated heterocycles. The zero-order chi connectivity index (χ0) is 9.90. The van der Waals surface area contributed by atoms with E-state index >= 15 is 0 Å². The molecule has 0 spiro atoms. The van der Waals surface area contributed by atoms with Crippen molar-refractivity contribution in [3.63, 3.8) is 0 Å². The summed E-state index contributed by atoms with van der Waals surface area (Å²) in [6.07, 6.45) is -0.387. The molecule has 0 aliphatic rings. The fourth-order valence-corrected chi connectivity index (χ4v) is 1.49. The number of rotatable bonds is 3. The van der Waals surface area contributed by atoms with Crippen molar-refractivity contribution >= 4 is 7.60 Å². The van der Waals surface area contributed by atoms with Gasteiger partial charge in [-0.2, -0.15) is 0 Å². The molecule has 15 heavy (non-hydrogen) atoms. The first kappa shape index (κ1) is 18.5. The molecule has 1 aromatic carbocycles. The fourth-order valence-electron chi connectivity index (χ4n) is 0.980. The van der Waals surface area contributed by atoms with Gasteiger partial charge < -0.3 is 19.5 Å². The van der Waals surface area contributed by atoms with Gasteiger partial charge in [0.05, 0.1) is 0 Å². The molecule has 0 saturated carbocycles. The van der Waals surface area contributed by atoms with Crippen LogP contribution in [-0.4, -0.2) is 11.3 Å². The molecule has 0 amide bonds. The predicted molar refractivity (Wildman–Crippen MR) is 44.3 cm³/mol. The molecule has 72 valence electrons. The maximum absolute atomic E-state index is 10.3. The topological polar surface area (TPSA) is 83.4 Å². The standard InChI is InChI=1S/C8H11O4P.2Na/c9-8-4-2-1-3-7(8)5-6-13(10,11)12;;/h1-4,9H,5-6H2,(H2,10,11,12);;/q;2*+1/p-2. The van der Waals surface area contributed by atoms with Crippen LogP contribution in [0.5, 0.6) is 5.75 Å². The Morgan fingerprint density at radius 2 is 1.73 bits per heavy atom. The van der Waals surface area contributed by atoms with Gasteiger partial charge in [0.25, 0.3) is 0 Å². The molecule has 7 heteroatoms. The molecule has 0 heterocycles. The Bertz CT molecular complexity index is 339. The molecule has 0 bridgehead atoms. The molecule has 0 aromatic heterocycles. The summed E-state index contributed by atoms with van der Waals surface area (Å²) in [5.74, 6) is 0.0240. The molecule has 1 N–H and O–H groups in total. The van der Waals surface area contributed by atoms with Crippen molar-refractivity contribution in [3.8, 4) is 5.75 Å². The quantitative estimate of drug-likeness (QED) is 0.425. The fraction of sp³-hybridized carbons (Fsp3) is 0.250. The van der Waals surface area contributed by atoms with Crippen molar-refractivity contribution in [1.82, 2.24) is 0 Å². The van der Waals surface area contributed by atoms with Gasteiger partial charge >= 0.3 is 59.1 Å². The number of aromatic hydroxyl groups is 1. The first-order valence-corrected chi connectivity index (χ1v) is 5.50. The van der Waals surface area contributed by atoms with E-state index in [2.05, 4.69) is 0 Å². The van der Waals surface area contributed by atoms with Crippen LogP contribution in [0.25, 0.3) is 0 Å². The number of phenolic OH excluding ortho intramolecular Hbond substituents is 1. The summed E-state index contributed by atoms with van der Waals surface area (Å²) in [6.45, 7) is 0. The Morgan fingerprint density at radius 3 is 2.20 bits per heavy atom. The van der Waals surface area contributed by atoms with Gasteiger partial charge in [-0.25, -0.2) is 0 Å². The smallest absolute Gasteiger partial charge is 0.811 e. The molecule has 0 aliphatic carbocycles. The molecule has 0 radical (unpaired) electrons. The molecular formula is C8H9Na2O4P. The molecule has 1 rings (SSSR count). The van der Waals surface area contributed by atoms with E-state index in [1.165, 1.54) is 6.07 Å². The molecule has 0 fully saturated rings. The average molecular weight is 246 g/mol. The van der Waals surface area contributed by atoms with Crippen LogP contribution in [0, 0.1) is 0 Å². The Kier molecular flexibility index (Phi) is 10.2. The first-order valence-electron chi connectivity index (χ1n) is 3.77. The Balaban J connectivity index is 0. The van der Waals surface area contributed by atoms with Crippen LogP contribution in [0.1, 0.15) is 5.56 Å². The minimum atomic E-state index is -4.46. The van der Waals surface area contributed by atoms with E-state index in [4.69, 9.17) is 0 Å². The first-order chi connectivity index (χ1) is 5.99. The van der Waals surface area contributed by atoms with Crippen LogP contribution in [0.3, 0.4) is 0 Å². The van der Waals surface area contributed by atoms with Gasteiger partial charge in [-0.3, -0.25) is 0 Å². The summed E-state index contributed by atoms with van der Waals surface area (Å²) in [5, 5.41) is 9.21. The number of aryl methyl sites for hydroxylation is 1. The van der Waals surface area contributed by atoms with E-state index in [1.807, 2.05) is 0 Å². The number of benzene rings is 1. The summed E-state index contributed by atoms with van der Waals surface area (Å²) in [7, 11) is -4.46. The molecule has 0 atom stereocenters. The minimum Gasteiger partial charge on any atom is -0.811 e. The van der Waals surface area contributed by atoms with Crippen LogP contribution in [0.2, 0.25) is 0 Å². The summed E-state index contributed by atoms with van der Waals surface area (Å²) in [4.78, 5) is 20.6. The largest absolute Gasteiger partial charge is 1.00 e. The maximum atomic E-state index is 10.3. The number of hydrogen-bond donors (Lipinski definition) is 1. The van der Waals surface area contributed by atoms with Crippen molar-refractivity contribution < 1.29 is 78.6 Å². The van der Waals surface area contributed by atoms with Crippen LogP contribution in [0.15, 0.2) is 24.3 Å². The number of para-hydroxylation sites is 1. The molecule has 1 aromatic rings. The Morgan fingerprint density at radius 1 is 1.20 bits per heavy atom. The van der Waals surface area contributed by atoms with E-state index in [-0.39, 0.29) is 71.3 Å². The number of hydrogen-bond acceptors (Lipinski definition) is 4. The average Bonchev–Trinajstić information content (AvgIpc) is 2.01. The van der Waals surface area contributed by atoms with Crippen molar-refractivity contribution in [2.24, 2.45) is 0 Å². The number of phenols is 1. The molecule has 4 nitrogen and oxygen atoms in total. The van der Waals surface area contributed by atoms with Gasteiger partial charge in [-0.05, 0) is 24.2 Å². The second-order valence-corrected chi connectivity index (χ2v) is 4.38. The SMILES string of the molecule is O=P([O-])([O-])CCc1ccccc1O.[Na+].[Na+]. The van der Waals surface area contributed by atoms with Gasteiger partial charge in [0, 0.05) is 0 Å². The minimum absolute atomic E-state index is 0. The van der Waals surface area contributed by atoms with Gasteiger partial charge in [-0.15, -0.1) is 0 Å². The Hall–Kier alpha value is 1.17. The van der Waals surface area contributed by atoms with E-state index in [0.717, 1.165) is 0 Å². The monoisotopic (exact) mass is 246 g/mol. The van der Waals surface area contributed by atoms with Gasteiger partial charge in [0.15, 0.2) is 0 Å². The molecular weight excluding hydrogens is 237 g/mol. The summed E-state index contributed by atoms with van der Waals surface area (Å²) in [5.41, 5.74) is 0.481. The van der Waals surface area contributed by atoms with E-state index < -0.39 is 13.8 Å². The summed E-state index contributed by atoms with van der Waals surface area (Å²) < 4.78 is 10.3. The van der Waals surface area contributed by atoms with E-state index in [9.17, 15) is 19.5 Å². The van der Waals surface area contributed by atoms with Crippen LogP contribution < -0.4 is 68.9 Å². The van der Waals surface area contributed by atoms with Gasteiger partial charge in [0.1, 0.15) is 5.75 Å². The van der Waals surface area contributed by atoms with E-state index in [0.29, 0.717) is 5.56 Å². The molecule has 0 aliphatic heterocycles. The van der Waals surface area contributed by atoms with Crippen molar-refractivity contribution in [2.75, 3.05) is 6.16 Å². The van der Waals surface area contributed by atoms with Crippen LogP contribution in [0.4, 0.5) is 0 Å². The molecule has 0 unspecified atom stereocenters. The van der Waals surface area contributed by atoms with Crippen molar-refractivity contribution in [2.45, 2.75) is 6.42 Å². The third-order valence-corrected chi connectivity index (χ3v) is 2.42. The Labute approximate surface area is 133 Å². The third kappa shape index (κ3) is 7.97. The van der Waals surface area contributed by atoms with Crippen molar-refractivity contribution in [1.29, 1.82) is 0 Å². The zero-order valence-electron chi connectivity index (χ0n) is 8.84. The third-order valence-electron chi connectivity index (χ3n) is 1.65. The van der Waals surface area contributed by atoms with E-state index in [1.54, 1.807) is 18.2 Å². The summed E-state index contributed by atoms with van der Waals surface area (Å²) in [6, 6.07) is 6.35. The van der Waals surface area contributed by atoms with Crippen molar-refractivity contribution in [3.05, 3.63) is 29.8 Å². The predicted octanol–water partition coefficient (Wildman–Crippen LogP) is -6.14.